The maximum Gasteiger partial charge on any atom is 0.293 e. The van der Waals surface area contributed by atoms with E-state index >= 15 is 0 Å². The number of amides is 3. The van der Waals surface area contributed by atoms with Crippen LogP contribution in [0.2, 0.25) is 5.02 Å². The minimum Gasteiger partial charge on any atom is -0.339 e. The first-order valence-corrected chi connectivity index (χ1v) is 12.0. The van der Waals surface area contributed by atoms with Crippen molar-refractivity contribution in [3.8, 4) is 0 Å². The van der Waals surface area contributed by atoms with Crippen molar-refractivity contribution >= 4 is 46.5 Å². The van der Waals surface area contributed by atoms with E-state index in [1.807, 2.05) is 30.1 Å². The Kier molecular flexibility index (Phi) is 7.01. The van der Waals surface area contributed by atoms with Crippen LogP contribution in [0.15, 0.2) is 53.4 Å². The molecule has 32 heavy (non-hydrogen) atoms. The molecule has 4 rings (SSSR count). The largest absolute Gasteiger partial charge is 0.339 e. The Morgan fingerprint density at radius 2 is 1.78 bits per heavy atom. The number of halogens is 1. The van der Waals surface area contributed by atoms with Gasteiger partial charge in [-0.3, -0.25) is 19.3 Å². The van der Waals surface area contributed by atoms with Gasteiger partial charge in [0.25, 0.3) is 17.1 Å². The van der Waals surface area contributed by atoms with Crippen LogP contribution in [0.1, 0.15) is 53.6 Å². The van der Waals surface area contributed by atoms with E-state index in [2.05, 4.69) is 0 Å². The molecular weight excluding hydrogens is 444 g/mol. The molecule has 1 heterocycles. The standard InChI is InChI=1S/C25H25ClN2O3S/c1-27(20-8-3-2-4-9-20)23(29)18-13-11-17(12-14-18)15-22-24(30)28(25(31)32-22)16-19-7-5-6-10-21(19)26/h5-7,10-15,20H,2-4,8-9,16H2,1H3/b22-15-. The molecule has 5 nitrogen and oxygen atoms in total. The van der Waals surface area contributed by atoms with E-state index < -0.39 is 0 Å². The van der Waals surface area contributed by atoms with Crippen molar-refractivity contribution in [1.82, 2.24) is 9.80 Å². The molecule has 0 N–H and O–H groups in total. The Hall–Kier alpha value is -2.57. The monoisotopic (exact) mass is 468 g/mol. The minimum absolute atomic E-state index is 0.0171. The first-order chi connectivity index (χ1) is 15.4. The van der Waals surface area contributed by atoms with E-state index in [0.717, 1.165) is 35.7 Å². The first-order valence-electron chi connectivity index (χ1n) is 10.8. The predicted molar refractivity (Wildman–Crippen MR) is 128 cm³/mol. The van der Waals surface area contributed by atoms with E-state index in [1.165, 1.54) is 24.2 Å². The second kappa shape index (κ2) is 9.92. The Morgan fingerprint density at radius 1 is 1.09 bits per heavy atom. The van der Waals surface area contributed by atoms with E-state index in [0.29, 0.717) is 21.5 Å². The zero-order chi connectivity index (χ0) is 22.7. The van der Waals surface area contributed by atoms with Crippen LogP contribution in [0.3, 0.4) is 0 Å². The zero-order valence-corrected chi connectivity index (χ0v) is 19.5. The number of hydrogen-bond acceptors (Lipinski definition) is 4. The summed E-state index contributed by atoms with van der Waals surface area (Å²) in [6, 6.07) is 14.7. The molecule has 2 aromatic rings. The predicted octanol–water partition coefficient (Wildman–Crippen LogP) is 5.98. The molecule has 0 unspecified atom stereocenters. The maximum absolute atomic E-state index is 12.8. The van der Waals surface area contributed by atoms with Gasteiger partial charge >= 0.3 is 0 Å². The molecule has 0 radical (unpaired) electrons. The van der Waals surface area contributed by atoms with Gasteiger partial charge in [0.05, 0.1) is 11.4 Å². The SMILES string of the molecule is CN(C(=O)c1ccc(/C=C2\SC(=O)N(Cc3ccccc3Cl)C2=O)cc1)C1CCCCC1. The van der Waals surface area contributed by atoms with E-state index in [4.69, 9.17) is 11.6 Å². The number of thioether (sulfide) groups is 1. The highest BCUT2D eigenvalue weighted by molar-refractivity contribution is 8.18. The number of benzene rings is 2. The van der Waals surface area contributed by atoms with Crippen LogP contribution in [0.4, 0.5) is 4.79 Å². The van der Waals surface area contributed by atoms with Crippen LogP contribution >= 0.6 is 23.4 Å². The lowest BCUT2D eigenvalue weighted by Crippen LogP contribution is -2.38. The van der Waals surface area contributed by atoms with Gasteiger partial charge in [0.15, 0.2) is 0 Å². The second-order valence-electron chi connectivity index (χ2n) is 8.19. The Bertz CT molecular complexity index is 1060. The zero-order valence-electron chi connectivity index (χ0n) is 17.9. The quantitative estimate of drug-likeness (QED) is 0.506. The molecule has 1 saturated heterocycles. The molecule has 2 aliphatic rings. The van der Waals surface area contributed by atoms with Gasteiger partial charge in [-0.15, -0.1) is 0 Å². The molecule has 2 aromatic carbocycles. The van der Waals surface area contributed by atoms with Gasteiger partial charge in [-0.25, -0.2) is 0 Å². The second-order valence-corrected chi connectivity index (χ2v) is 9.59. The molecule has 166 valence electrons. The van der Waals surface area contributed by atoms with Crippen LogP contribution < -0.4 is 0 Å². The summed E-state index contributed by atoms with van der Waals surface area (Å²) in [5, 5.41) is 0.205. The third-order valence-corrected chi connectivity index (χ3v) is 7.33. The fourth-order valence-corrected chi connectivity index (χ4v) is 5.18. The number of imide groups is 1. The van der Waals surface area contributed by atoms with Crippen LogP contribution in [0.25, 0.3) is 6.08 Å². The average molecular weight is 469 g/mol. The summed E-state index contributed by atoms with van der Waals surface area (Å²) in [6.45, 7) is 0.141. The molecule has 1 saturated carbocycles. The van der Waals surface area contributed by atoms with Crippen molar-refractivity contribution in [3.63, 3.8) is 0 Å². The highest BCUT2D eigenvalue weighted by atomic mass is 35.5. The first kappa shape index (κ1) is 22.6. The van der Waals surface area contributed by atoms with Gasteiger partial charge in [0.2, 0.25) is 0 Å². The van der Waals surface area contributed by atoms with Gasteiger partial charge in [-0.1, -0.05) is 61.2 Å². The molecule has 3 amide bonds. The van der Waals surface area contributed by atoms with Gasteiger partial charge in [-0.2, -0.15) is 0 Å². The van der Waals surface area contributed by atoms with Gasteiger partial charge in [-0.05, 0) is 60.0 Å². The summed E-state index contributed by atoms with van der Waals surface area (Å²) < 4.78 is 0. The van der Waals surface area contributed by atoms with Crippen LogP contribution in [0.5, 0.6) is 0 Å². The Balaban J connectivity index is 1.44. The fraction of sp³-hybridized carbons (Fsp3) is 0.320. The van der Waals surface area contributed by atoms with Gasteiger partial charge in [0, 0.05) is 23.7 Å². The van der Waals surface area contributed by atoms with Gasteiger partial charge in [0.1, 0.15) is 0 Å². The summed E-state index contributed by atoms with van der Waals surface area (Å²) in [6.07, 6.45) is 7.40. The molecule has 1 aliphatic carbocycles. The summed E-state index contributed by atoms with van der Waals surface area (Å²) in [4.78, 5) is 41.4. The number of carbonyl (C=O) groups excluding carboxylic acids is 3. The normalized spacial score (nSPS) is 18.4. The maximum atomic E-state index is 12.8. The lowest BCUT2D eigenvalue weighted by Gasteiger charge is -2.31. The molecule has 7 heteroatoms. The molecule has 0 aromatic heterocycles. The number of rotatable bonds is 5. The van der Waals surface area contributed by atoms with E-state index in [-0.39, 0.29) is 23.6 Å². The summed E-state index contributed by atoms with van der Waals surface area (Å²) in [7, 11) is 1.88. The third kappa shape index (κ3) is 4.92. The molecule has 0 atom stereocenters. The number of nitrogens with zero attached hydrogens (tertiary/aromatic N) is 2. The summed E-state index contributed by atoms with van der Waals surface area (Å²) in [5.41, 5.74) is 2.12. The highest BCUT2D eigenvalue weighted by Gasteiger charge is 2.35. The van der Waals surface area contributed by atoms with Crippen LogP contribution in [0, 0.1) is 0 Å². The summed E-state index contributed by atoms with van der Waals surface area (Å²) >= 11 is 7.09. The molecule has 1 aliphatic heterocycles. The van der Waals surface area contributed by atoms with Crippen molar-refractivity contribution in [2.24, 2.45) is 0 Å². The lowest BCUT2D eigenvalue weighted by molar-refractivity contribution is -0.123. The highest BCUT2D eigenvalue weighted by Crippen LogP contribution is 2.34. The molecule has 2 fully saturated rings. The Morgan fingerprint density at radius 3 is 2.47 bits per heavy atom. The lowest BCUT2D eigenvalue weighted by atomic mass is 9.94. The van der Waals surface area contributed by atoms with Gasteiger partial charge < -0.3 is 4.90 Å². The smallest absolute Gasteiger partial charge is 0.293 e. The van der Waals surface area contributed by atoms with E-state index in [1.54, 1.807) is 36.4 Å². The average Bonchev–Trinajstić information content (AvgIpc) is 3.08. The Labute approximate surface area is 197 Å². The van der Waals surface area contributed by atoms with Crippen LogP contribution in [-0.2, 0) is 11.3 Å². The van der Waals surface area contributed by atoms with Crippen molar-refractivity contribution in [3.05, 3.63) is 75.1 Å². The molecule has 0 spiro atoms. The molecular formula is C25H25ClN2O3S. The van der Waals surface area contributed by atoms with Crippen molar-refractivity contribution in [1.29, 1.82) is 0 Å². The van der Waals surface area contributed by atoms with Crippen molar-refractivity contribution in [2.75, 3.05) is 7.05 Å². The fourth-order valence-electron chi connectivity index (χ4n) is 4.14. The summed E-state index contributed by atoms with van der Waals surface area (Å²) in [5.74, 6) is -0.319. The minimum atomic E-state index is -0.336. The number of carbonyl (C=O) groups is 3. The van der Waals surface area contributed by atoms with Crippen LogP contribution in [-0.4, -0.2) is 39.9 Å². The van der Waals surface area contributed by atoms with Crippen molar-refractivity contribution in [2.45, 2.75) is 44.7 Å². The third-order valence-electron chi connectivity index (χ3n) is 6.06. The number of hydrogen-bond donors (Lipinski definition) is 0. The van der Waals surface area contributed by atoms with E-state index in [9.17, 15) is 14.4 Å². The molecule has 0 bridgehead atoms. The topological polar surface area (TPSA) is 57.7 Å². The van der Waals surface area contributed by atoms with Crippen molar-refractivity contribution < 1.29 is 14.4 Å².